The third-order valence-corrected chi connectivity index (χ3v) is 3.26. The van der Waals surface area contributed by atoms with Gasteiger partial charge >= 0.3 is 0 Å². The first-order valence-corrected chi connectivity index (χ1v) is 5.73. The third-order valence-electron chi connectivity index (χ3n) is 3.26. The zero-order valence-electron chi connectivity index (χ0n) is 9.37. The van der Waals surface area contributed by atoms with Gasteiger partial charge in [-0.2, -0.15) is 0 Å². The highest BCUT2D eigenvalue weighted by molar-refractivity contribution is 5.36. The number of hydrogen-bond acceptors (Lipinski definition) is 1. The molecule has 1 atom stereocenters. The summed E-state index contributed by atoms with van der Waals surface area (Å²) in [6.45, 7) is 2.24. The van der Waals surface area contributed by atoms with Gasteiger partial charge in [0.05, 0.1) is 0 Å². The summed E-state index contributed by atoms with van der Waals surface area (Å²) in [5.74, 6) is 0. The van der Waals surface area contributed by atoms with Gasteiger partial charge in [0.2, 0.25) is 0 Å². The largest absolute Gasteiger partial charge is 0.324 e. The fraction of sp³-hybridized carbons (Fsp3) is 0.429. The third kappa shape index (κ3) is 2.48. The summed E-state index contributed by atoms with van der Waals surface area (Å²) < 4.78 is 0. The first-order valence-electron chi connectivity index (χ1n) is 5.73. The smallest absolute Gasteiger partial charge is 0.0295 e. The van der Waals surface area contributed by atoms with Crippen molar-refractivity contribution in [2.45, 2.75) is 38.6 Å². The van der Waals surface area contributed by atoms with E-state index < -0.39 is 0 Å². The summed E-state index contributed by atoms with van der Waals surface area (Å²) >= 11 is 0. The van der Waals surface area contributed by atoms with Gasteiger partial charge in [0, 0.05) is 6.04 Å². The molecule has 2 aliphatic rings. The van der Waals surface area contributed by atoms with Crippen molar-refractivity contribution in [3.63, 3.8) is 0 Å². The van der Waals surface area contributed by atoms with Crippen LogP contribution in [0.1, 0.15) is 32.6 Å². The van der Waals surface area contributed by atoms with Gasteiger partial charge in [-0.15, -0.1) is 0 Å². The second kappa shape index (κ2) is 4.63. The van der Waals surface area contributed by atoms with Crippen LogP contribution in [0, 0.1) is 0 Å². The van der Waals surface area contributed by atoms with Crippen molar-refractivity contribution >= 4 is 0 Å². The maximum atomic E-state index is 6.08. The average molecular weight is 201 g/mol. The Balaban J connectivity index is 2.11. The van der Waals surface area contributed by atoms with Crippen LogP contribution in [0.15, 0.2) is 47.1 Å². The number of rotatable bonds is 2. The topological polar surface area (TPSA) is 26.0 Å². The van der Waals surface area contributed by atoms with Gasteiger partial charge in [0.1, 0.15) is 0 Å². The molecule has 2 N–H and O–H groups in total. The average Bonchev–Trinajstić information content (AvgIpc) is 2.24. The maximum Gasteiger partial charge on any atom is 0.0295 e. The SMILES string of the molecule is CC1=C(CC2=CC=CCC2N)C=CCC1. The van der Waals surface area contributed by atoms with Crippen LogP contribution < -0.4 is 5.73 Å². The highest BCUT2D eigenvalue weighted by Gasteiger charge is 2.13. The summed E-state index contributed by atoms with van der Waals surface area (Å²) in [5, 5.41) is 0. The van der Waals surface area contributed by atoms with E-state index in [0.717, 1.165) is 12.8 Å². The lowest BCUT2D eigenvalue weighted by Crippen LogP contribution is -2.23. The van der Waals surface area contributed by atoms with Crippen molar-refractivity contribution in [1.82, 2.24) is 0 Å². The Bertz CT molecular complexity index is 356. The van der Waals surface area contributed by atoms with Crippen molar-refractivity contribution in [2.75, 3.05) is 0 Å². The molecule has 0 saturated heterocycles. The molecule has 1 nitrogen and oxygen atoms in total. The molecular formula is C14H19N. The lowest BCUT2D eigenvalue weighted by molar-refractivity contribution is 0.745. The maximum absolute atomic E-state index is 6.08. The van der Waals surface area contributed by atoms with Crippen LogP contribution >= 0.6 is 0 Å². The molecular weight excluding hydrogens is 182 g/mol. The number of allylic oxidation sites excluding steroid dienone is 6. The van der Waals surface area contributed by atoms with Crippen molar-refractivity contribution in [2.24, 2.45) is 5.73 Å². The van der Waals surface area contributed by atoms with Gasteiger partial charge in [-0.05, 0) is 43.8 Å². The molecule has 0 aromatic carbocycles. The van der Waals surface area contributed by atoms with Gasteiger partial charge in [0.15, 0.2) is 0 Å². The lowest BCUT2D eigenvalue weighted by Gasteiger charge is -2.20. The fourth-order valence-electron chi connectivity index (χ4n) is 2.14. The van der Waals surface area contributed by atoms with E-state index in [1.54, 1.807) is 0 Å². The highest BCUT2D eigenvalue weighted by Crippen LogP contribution is 2.26. The predicted molar refractivity (Wildman–Crippen MR) is 65.5 cm³/mol. The molecule has 0 heterocycles. The molecule has 1 heteroatoms. The van der Waals surface area contributed by atoms with Crippen molar-refractivity contribution in [1.29, 1.82) is 0 Å². The highest BCUT2D eigenvalue weighted by atomic mass is 14.6. The van der Waals surface area contributed by atoms with E-state index in [1.165, 1.54) is 29.6 Å². The first-order chi connectivity index (χ1) is 7.27. The molecule has 80 valence electrons. The van der Waals surface area contributed by atoms with Gasteiger partial charge in [-0.25, -0.2) is 0 Å². The number of hydrogen-bond donors (Lipinski definition) is 1. The molecule has 0 saturated carbocycles. The molecule has 2 rings (SSSR count). The Kier molecular flexibility index (Phi) is 3.22. The van der Waals surface area contributed by atoms with Crippen LogP contribution in [0.25, 0.3) is 0 Å². The van der Waals surface area contributed by atoms with E-state index in [9.17, 15) is 0 Å². The Hall–Kier alpha value is -1.08. The van der Waals surface area contributed by atoms with E-state index in [4.69, 9.17) is 5.73 Å². The van der Waals surface area contributed by atoms with Gasteiger partial charge in [-0.1, -0.05) is 36.0 Å². The summed E-state index contributed by atoms with van der Waals surface area (Å²) in [7, 11) is 0. The molecule has 15 heavy (non-hydrogen) atoms. The molecule has 0 bridgehead atoms. The van der Waals surface area contributed by atoms with Crippen molar-refractivity contribution in [3.8, 4) is 0 Å². The molecule has 2 aliphatic carbocycles. The van der Waals surface area contributed by atoms with Crippen LogP contribution in [-0.4, -0.2) is 6.04 Å². The minimum absolute atomic E-state index is 0.227. The molecule has 0 fully saturated rings. The second-order valence-electron chi connectivity index (χ2n) is 4.44. The summed E-state index contributed by atoms with van der Waals surface area (Å²) in [6.07, 6.45) is 15.4. The zero-order chi connectivity index (χ0) is 10.7. The van der Waals surface area contributed by atoms with E-state index in [0.29, 0.717) is 0 Å². The molecule has 0 aromatic heterocycles. The summed E-state index contributed by atoms with van der Waals surface area (Å²) in [6, 6.07) is 0.227. The Labute approximate surface area is 92.1 Å². The van der Waals surface area contributed by atoms with E-state index in [-0.39, 0.29) is 6.04 Å². The van der Waals surface area contributed by atoms with E-state index >= 15 is 0 Å². The van der Waals surface area contributed by atoms with Crippen molar-refractivity contribution < 1.29 is 0 Å². The molecule has 1 unspecified atom stereocenters. The van der Waals surface area contributed by atoms with Crippen LogP contribution in [-0.2, 0) is 0 Å². The van der Waals surface area contributed by atoms with Crippen LogP contribution in [0.2, 0.25) is 0 Å². The standard InChI is InChI=1S/C14H19N/c1-11-6-2-3-7-12(11)10-13-8-4-5-9-14(13)15/h3-5,7-8,14H,2,6,9-10,15H2,1H3. The van der Waals surface area contributed by atoms with Gasteiger partial charge in [0.25, 0.3) is 0 Å². The van der Waals surface area contributed by atoms with Crippen LogP contribution in [0.3, 0.4) is 0 Å². The minimum Gasteiger partial charge on any atom is -0.324 e. The zero-order valence-corrected chi connectivity index (χ0v) is 9.37. The monoisotopic (exact) mass is 201 g/mol. The normalized spacial score (nSPS) is 25.7. The molecule has 0 radical (unpaired) electrons. The number of nitrogens with two attached hydrogens (primary N) is 1. The van der Waals surface area contributed by atoms with Crippen LogP contribution in [0.4, 0.5) is 0 Å². The Morgan fingerprint density at radius 1 is 1.40 bits per heavy atom. The van der Waals surface area contributed by atoms with Gasteiger partial charge < -0.3 is 5.73 Å². The van der Waals surface area contributed by atoms with Crippen LogP contribution in [0.5, 0.6) is 0 Å². The summed E-state index contributed by atoms with van der Waals surface area (Å²) in [5.41, 5.74) is 10.4. The molecule has 0 aliphatic heterocycles. The van der Waals surface area contributed by atoms with Gasteiger partial charge in [-0.3, -0.25) is 0 Å². The summed E-state index contributed by atoms with van der Waals surface area (Å²) in [4.78, 5) is 0. The second-order valence-corrected chi connectivity index (χ2v) is 4.44. The lowest BCUT2D eigenvalue weighted by atomic mass is 9.89. The predicted octanol–water partition coefficient (Wildman–Crippen LogP) is 3.26. The molecule has 0 aromatic rings. The minimum atomic E-state index is 0.227. The first kappa shape index (κ1) is 10.4. The van der Waals surface area contributed by atoms with Crippen molar-refractivity contribution in [3.05, 3.63) is 47.1 Å². The molecule has 0 spiro atoms. The Morgan fingerprint density at radius 3 is 3.00 bits per heavy atom. The fourth-order valence-corrected chi connectivity index (χ4v) is 2.14. The molecule has 0 amide bonds. The Morgan fingerprint density at radius 2 is 2.27 bits per heavy atom. The van der Waals surface area contributed by atoms with E-state index in [2.05, 4.69) is 37.3 Å². The van der Waals surface area contributed by atoms with E-state index in [1.807, 2.05) is 0 Å². The quantitative estimate of drug-likeness (QED) is 0.729.